The molecule has 0 radical (unpaired) electrons. The van der Waals surface area contributed by atoms with Gasteiger partial charge in [-0.25, -0.2) is 0 Å². The molecular weight excluding hydrogens is 324 g/mol. The van der Waals surface area contributed by atoms with E-state index >= 15 is 0 Å². The second kappa shape index (κ2) is 6.84. The van der Waals surface area contributed by atoms with Crippen molar-refractivity contribution in [2.24, 2.45) is 0 Å². The largest absolute Gasteiger partial charge is 0.493 e. The Morgan fingerprint density at radius 2 is 1.35 bits per heavy atom. The van der Waals surface area contributed by atoms with E-state index in [1.54, 1.807) is 7.11 Å². The molecule has 3 aromatic carbocycles. The van der Waals surface area contributed by atoms with Gasteiger partial charge in [-0.15, -0.1) is 10.2 Å². The number of para-hydroxylation sites is 2. The van der Waals surface area contributed by atoms with Crippen LogP contribution in [0.2, 0.25) is 0 Å². The van der Waals surface area contributed by atoms with Crippen molar-refractivity contribution in [3.63, 3.8) is 0 Å². The topological polar surface area (TPSA) is 44.2 Å². The number of benzene rings is 3. The van der Waals surface area contributed by atoms with E-state index in [4.69, 9.17) is 9.47 Å². The summed E-state index contributed by atoms with van der Waals surface area (Å²) in [5.74, 6) is 1.72. The zero-order valence-electron chi connectivity index (χ0n) is 14.6. The maximum Gasteiger partial charge on any atom is 0.246 e. The van der Waals surface area contributed by atoms with Crippen LogP contribution >= 0.6 is 0 Å². The first-order chi connectivity index (χ1) is 12.8. The predicted molar refractivity (Wildman–Crippen MR) is 103 cm³/mol. The van der Waals surface area contributed by atoms with Crippen molar-refractivity contribution in [1.82, 2.24) is 10.2 Å². The SMILES string of the molecule is COc1ccccc1Oc1nnc(-c2ccc(C)cc2)c2ccccc12. The number of fused-ring (bicyclic) bond motifs is 1. The number of aryl methyl sites for hydroxylation is 1. The Kier molecular flexibility index (Phi) is 4.23. The fourth-order valence-corrected chi connectivity index (χ4v) is 2.89. The fraction of sp³-hybridized carbons (Fsp3) is 0.0909. The molecule has 0 amide bonds. The summed E-state index contributed by atoms with van der Waals surface area (Å²) < 4.78 is 11.4. The molecule has 4 nitrogen and oxygen atoms in total. The molecule has 0 fully saturated rings. The van der Waals surface area contributed by atoms with Gasteiger partial charge in [0.25, 0.3) is 0 Å². The van der Waals surface area contributed by atoms with Gasteiger partial charge in [0.1, 0.15) is 5.69 Å². The van der Waals surface area contributed by atoms with Crippen LogP contribution in [0.4, 0.5) is 0 Å². The molecule has 26 heavy (non-hydrogen) atoms. The smallest absolute Gasteiger partial charge is 0.246 e. The number of nitrogens with zero attached hydrogens (tertiary/aromatic N) is 2. The highest BCUT2D eigenvalue weighted by atomic mass is 16.5. The Bertz CT molecular complexity index is 1060. The van der Waals surface area contributed by atoms with Gasteiger partial charge in [0.2, 0.25) is 5.88 Å². The van der Waals surface area contributed by atoms with Gasteiger partial charge in [-0.2, -0.15) is 0 Å². The van der Waals surface area contributed by atoms with Crippen LogP contribution in [0.5, 0.6) is 17.4 Å². The molecular formula is C22H18N2O2. The minimum absolute atomic E-state index is 0.459. The summed E-state index contributed by atoms with van der Waals surface area (Å²) in [5, 5.41) is 10.7. The molecule has 128 valence electrons. The Labute approximate surface area is 152 Å². The molecule has 1 aromatic heterocycles. The van der Waals surface area contributed by atoms with Gasteiger partial charge >= 0.3 is 0 Å². The summed E-state index contributed by atoms with van der Waals surface area (Å²) in [7, 11) is 1.62. The van der Waals surface area contributed by atoms with E-state index in [-0.39, 0.29) is 0 Å². The van der Waals surface area contributed by atoms with E-state index in [1.807, 2.05) is 48.5 Å². The minimum atomic E-state index is 0.459. The van der Waals surface area contributed by atoms with Crippen molar-refractivity contribution < 1.29 is 9.47 Å². The maximum absolute atomic E-state index is 6.03. The molecule has 0 saturated carbocycles. The monoisotopic (exact) mass is 342 g/mol. The zero-order valence-corrected chi connectivity index (χ0v) is 14.6. The van der Waals surface area contributed by atoms with Crippen molar-refractivity contribution in [2.75, 3.05) is 7.11 Å². The van der Waals surface area contributed by atoms with E-state index in [0.717, 1.165) is 22.0 Å². The molecule has 0 aliphatic carbocycles. The molecule has 0 spiro atoms. The van der Waals surface area contributed by atoms with Gasteiger partial charge in [0, 0.05) is 16.3 Å². The highest BCUT2D eigenvalue weighted by Gasteiger charge is 2.14. The summed E-state index contributed by atoms with van der Waals surface area (Å²) in [6, 6.07) is 23.8. The molecule has 4 heteroatoms. The summed E-state index contributed by atoms with van der Waals surface area (Å²) in [6.07, 6.45) is 0. The van der Waals surface area contributed by atoms with Gasteiger partial charge in [-0.05, 0) is 25.1 Å². The van der Waals surface area contributed by atoms with Crippen LogP contribution in [-0.4, -0.2) is 17.3 Å². The molecule has 0 N–H and O–H groups in total. The first kappa shape index (κ1) is 16.1. The van der Waals surface area contributed by atoms with Crippen molar-refractivity contribution in [2.45, 2.75) is 6.92 Å². The van der Waals surface area contributed by atoms with Crippen molar-refractivity contribution in [3.05, 3.63) is 78.4 Å². The molecule has 0 saturated heterocycles. The number of methoxy groups -OCH3 is 1. The van der Waals surface area contributed by atoms with Crippen LogP contribution in [0.3, 0.4) is 0 Å². The second-order valence-corrected chi connectivity index (χ2v) is 6.02. The molecule has 0 unspecified atom stereocenters. The highest BCUT2D eigenvalue weighted by molar-refractivity contribution is 5.97. The summed E-state index contributed by atoms with van der Waals surface area (Å²) in [5.41, 5.74) is 3.08. The zero-order chi connectivity index (χ0) is 17.9. The van der Waals surface area contributed by atoms with Crippen LogP contribution in [0.15, 0.2) is 72.8 Å². The molecule has 0 atom stereocenters. The number of ether oxygens (including phenoxy) is 2. The number of hydrogen-bond donors (Lipinski definition) is 0. The number of hydrogen-bond acceptors (Lipinski definition) is 4. The van der Waals surface area contributed by atoms with E-state index in [2.05, 4.69) is 41.4 Å². The average molecular weight is 342 g/mol. The third-order valence-electron chi connectivity index (χ3n) is 4.25. The predicted octanol–water partition coefficient (Wildman–Crippen LogP) is 5.41. The molecule has 0 aliphatic heterocycles. The van der Waals surface area contributed by atoms with E-state index in [1.165, 1.54) is 5.56 Å². The lowest BCUT2D eigenvalue weighted by Crippen LogP contribution is -1.97. The molecule has 0 aliphatic rings. The fourth-order valence-electron chi connectivity index (χ4n) is 2.89. The van der Waals surface area contributed by atoms with Gasteiger partial charge < -0.3 is 9.47 Å². The standard InChI is InChI=1S/C22H18N2O2/c1-15-11-13-16(14-12-15)21-17-7-3-4-8-18(17)22(24-23-21)26-20-10-6-5-9-19(20)25-2/h3-14H,1-2H3. The number of rotatable bonds is 4. The second-order valence-electron chi connectivity index (χ2n) is 6.02. The lowest BCUT2D eigenvalue weighted by Gasteiger charge is -2.12. The molecule has 0 bridgehead atoms. The normalized spacial score (nSPS) is 10.7. The third-order valence-corrected chi connectivity index (χ3v) is 4.25. The van der Waals surface area contributed by atoms with E-state index in [9.17, 15) is 0 Å². The Morgan fingerprint density at radius 1 is 0.692 bits per heavy atom. The van der Waals surface area contributed by atoms with Gasteiger partial charge in [-0.3, -0.25) is 0 Å². The van der Waals surface area contributed by atoms with Gasteiger partial charge in [-0.1, -0.05) is 60.2 Å². The van der Waals surface area contributed by atoms with Gasteiger partial charge in [0.05, 0.1) is 7.11 Å². The number of aromatic nitrogens is 2. The van der Waals surface area contributed by atoms with E-state index < -0.39 is 0 Å². The summed E-state index contributed by atoms with van der Waals surface area (Å²) >= 11 is 0. The Hall–Kier alpha value is -3.40. The van der Waals surface area contributed by atoms with Crippen LogP contribution in [0, 0.1) is 6.92 Å². The summed E-state index contributed by atoms with van der Waals surface area (Å²) in [4.78, 5) is 0. The lowest BCUT2D eigenvalue weighted by atomic mass is 10.0. The minimum Gasteiger partial charge on any atom is -0.493 e. The van der Waals surface area contributed by atoms with E-state index in [0.29, 0.717) is 17.4 Å². The highest BCUT2D eigenvalue weighted by Crippen LogP contribution is 2.35. The Morgan fingerprint density at radius 3 is 2.08 bits per heavy atom. The summed E-state index contributed by atoms with van der Waals surface area (Å²) in [6.45, 7) is 2.07. The third kappa shape index (κ3) is 2.97. The van der Waals surface area contributed by atoms with Crippen LogP contribution in [-0.2, 0) is 0 Å². The maximum atomic E-state index is 6.03. The van der Waals surface area contributed by atoms with Crippen molar-refractivity contribution in [1.29, 1.82) is 0 Å². The quantitative estimate of drug-likeness (QED) is 0.498. The molecule has 4 rings (SSSR count). The molecule has 1 heterocycles. The average Bonchev–Trinajstić information content (AvgIpc) is 2.69. The lowest BCUT2D eigenvalue weighted by molar-refractivity contribution is 0.374. The Balaban J connectivity index is 1.83. The van der Waals surface area contributed by atoms with Crippen LogP contribution < -0.4 is 9.47 Å². The van der Waals surface area contributed by atoms with Crippen molar-refractivity contribution >= 4 is 10.8 Å². The van der Waals surface area contributed by atoms with Crippen LogP contribution in [0.25, 0.3) is 22.0 Å². The first-order valence-corrected chi connectivity index (χ1v) is 8.39. The van der Waals surface area contributed by atoms with Gasteiger partial charge in [0.15, 0.2) is 11.5 Å². The first-order valence-electron chi connectivity index (χ1n) is 8.39. The van der Waals surface area contributed by atoms with Crippen LogP contribution in [0.1, 0.15) is 5.56 Å². The molecule has 4 aromatic rings. The van der Waals surface area contributed by atoms with Crippen molar-refractivity contribution in [3.8, 4) is 28.6 Å².